The Bertz CT molecular complexity index is 525. The highest BCUT2D eigenvalue weighted by Gasteiger charge is 2.22. The fraction of sp³-hybridized carbons (Fsp3) is 0.500. The van der Waals surface area contributed by atoms with Gasteiger partial charge in [-0.2, -0.15) is 11.8 Å². The highest BCUT2D eigenvalue weighted by Crippen LogP contribution is 2.26. The number of nitrogens with zero attached hydrogens (tertiary/aromatic N) is 1. The molecule has 0 spiro atoms. The maximum atomic E-state index is 12.1. The van der Waals surface area contributed by atoms with Crippen molar-refractivity contribution in [2.75, 3.05) is 12.9 Å². The lowest BCUT2D eigenvalue weighted by Crippen LogP contribution is -2.38. The van der Waals surface area contributed by atoms with Crippen molar-refractivity contribution in [3.63, 3.8) is 0 Å². The number of hydrogen-bond acceptors (Lipinski definition) is 4. The fourth-order valence-electron chi connectivity index (χ4n) is 2.45. The zero-order valence-electron chi connectivity index (χ0n) is 12.1. The van der Waals surface area contributed by atoms with Gasteiger partial charge in [-0.3, -0.25) is 4.79 Å². The summed E-state index contributed by atoms with van der Waals surface area (Å²) < 4.78 is 0. The number of aliphatic hydroxyl groups is 1. The molecular formula is C16H20N2O2S. The summed E-state index contributed by atoms with van der Waals surface area (Å²) in [6.07, 6.45) is 8.11. The van der Waals surface area contributed by atoms with Crippen LogP contribution < -0.4 is 5.32 Å². The van der Waals surface area contributed by atoms with Gasteiger partial charge in [-0.15, -0.1) is 0 Å². The molecule has 1 aromatic heterocycles. The van der Waals surface area contributed by atoms with Gasteiger partial charge in [-0.1, -0.05) is 11.8 Å². The molecule has 1 amide bonds. The van der Waals surface area contributed by atoms with Crippen molar-refractivity contribution in [3.05, 3.63) is 29.6 Å². The van der Waals surface area contributed by atoms with E-state index >= 15 is 0 Å². The Morgan fingerprint density at radius 3 is 2.76 bits per heavy atom. The third kappa shape index (κ3) is 4.76. The summed E-state index contributed by atoms with van der Waals surface area (Å²) in [4.78, 5) is 16.3. The Hall–Kier alpha value is -1.51. The van der Waals surface area contributed by atoms with E-state index in [1.54, 1.807) is 18.3 Å². The molecule has 0 saturated heterocycles. The molecule has 0 aliphatic heterocycles. The van der Waals surface area contributed by atoms with Crippen molar-refractivity contribution in [2.45, 2.75) is 37.0 Å². The largest absolute Gasteiger partial charge is 0.384 e. The van der Waals surface area contributed by atoms with Crippen LogP contribution in [0, 0.1) is 11.8 Å². The quantitative estimate of drug-likeness (QED) is 0.836. The van der Waals surface area contributed by atoms with E-state index in [1.807, 2.05) is 11.8 Å². The molecule has 1 aliphatic rings. The molecule has 0 aromatic carbocycles. The number of thioether (sulfide) groups is 1. The van der Waals surface area contributed by atoms with Crippen molar-refractivity contribution in [1.82, 2.24) is 10.3 Å². The van der Waals surface area contributed by atoms with Crippen LogP contribution in [0.1, 0.15) is 41.7 Å². The first-order valence-corrected chi connectivity index (χ1v) is 8.41. The zero-order valence-corrected chi connectivity index (χ0v) is 12.9. The summed E-state index contributed by atoms with van der Waals surface area (Å²) in [5, 5.41) is 12.4. The highest BCUT2D eigenvalue weighted by atomic mass is 32.2. The van der Waals surface area contributed by atoms with Crippen LogP contribution in [-0.2, 0) is 0 Å². The lowest BCUT2D eigenvalue weighted by Gasteiger charge is -2.27. The van der Waals surface area contributed by atoms with Crippen LogP contribution in [0.5, 0.6) is 0 Å². The normalized spacial score (nSPS) is 21.2. The minimum atomic E-state index is -0.180. The van der Waals surface area contributed by atoms with Crippen LogP contribution in [0.15, 0.2) is 18.3 Å². The van der Waals surface area contributed by atoms with E-state index in [-0.39, 0.29) is 18.6 Å². The van der Waals surface area contributed by atoms with Crippen molar-refractivity contribution in [1.29, 1.82) is 0 Å². The Labute approximate surface area is 129 Å². The maximum absolute atomic E-state index is 12.1. The minimum Gasteiger partial charge on any atom is -0.384 e. The molecule has 1 aromatic rings. The molecular weight excluding hydrogens is 284 g/mol. The van der Waals surface area contributed by atoms with Crippen LogP contribution in [0.2, 0.25) is 0 Å². The van der Waals surface area contributed by atoms with Gasteiger partial charge < -0.3 is 10.4 Å². The topological polar surface area (TPSA) is 62.2 Å². The lowest BCUT2D eigenvalue weighted by atomic mass is 9.95. The SMILES string of the molecule is CSC1CCC(NC(=O)c2ccc(C#CCO)cn2)CC1. The molecule has 0 radical (unpaired) electrons. The predicted molar refractivity (Wildman–Crippen MR) is 85.2 cm³/mol. The molecule has 4 nitrogen and oxygen atoms in total. The Balaban J connectivity index is 1.88. The molecule has 2 rings (SSSR count). The summed E-state index contributed by atoms with van der Waals surface area (Å²) in [6.45, 7) is -0.180. The molecule has 112 valence electrons. The first-order valence-electron chi connectivity index (χ1n) is 7.12. The van der Waals surface area contributed by atoms with Crippen LogP contribution in [0.4, 0.5) is 0 Å². The van der Waals surface area contributed by atoms with Crippen molar-refractivity contribution >= 4 is 17.7 Å². The van der Waals surface area contributed by atoms with Crippen molar-refractivity contribution in [2.24, 2.45) is 0 Å². The van der Waals surface area contributed by atoms with Gasteiger partial charge >= 0.3 is 0 Å². The third-order valence-corrected chi connectivity index (χ3v) is 4.79. The number of aliphatic hydroxyl groups excluding tert-OH is 1. The van der Waals surface area contributed by atoms with Gasteiger partial charge in [-0.25, -0.2) is 4.98 Å². The summed E-state index contributed by atoms with van der Waals surface area (Å²) in [6, 6.07) is 3.68. The number of aromatic nitrogens is 1. The summed E-state index contributed by atoms with van der Waals surface area (Å²) >= 11 is 1.92. The monoisotopic (exact) mass is 304 g/mol. The molecule has 1 heterocycles. The van der Waals surface area contributed by atoms with Gasteiger partial charge in [0, 0.05) is 23.1 Å². The first kappa shape index (κ1) is 15.9. The first-order chi connectivity index (χ1) is 10.2. The van der Waals surface area contributed by atoms with Crippen molar-refractivity contribution in [3.8, 4) is 11.8 Å². The number of nitrogens with one attached hydrogen (secondary N) is 1. The van der Waals surface area contributed by atoms with E-state index in [2.05, 4.69) is 28.4 Å². The van der Waals surface area contributed by atoms with Crippen molar-refractivity contribution < 1.29 is 9.90 Å². The van der Waals surface area contributed by atoms with Gasteiger partial charge in [0.15, 0.2) is 0 Å². The Morgan fingerprint density at radius 1 is 1.43 bits per heavy atom. The standard InChI is InChI=1S/C16H20N2O2S/c1-21-14-7-5-13(6-8-14)18-16(20)15-9-4-12(11-17-15)3-2-10-19/h4,9,11,13-14,19H,5-8,10H2,1H3,(H,18,20). The molecule has 1 aliphatic carbocycles. The molecule has 0 bridgehead atoms. The van der Waals surface area contributed by atoms with Crippen LogP contribution in [-0.4, -0.2) is 40.2 Å². The molecule has 2 N–H and O–H groups in total. The minimum absolute atomic E-state index is 0.121. The second-order valence-corrected chi connectivity index (χ2v) is 6.21. The van der Waals surface area contributed by atoms with E-state index in [0.717, 1.165) is 30.9 Å². The molecule has 1 fully saturated rings. The van der Waals surface area contributed by atoms with Gasteiger partial charge in [-0.05, 0) is 44.1 Å². The van der Waals surface area contributed by atoms with E-state index in [9.17, 15) is 4.79 Å². The Morgan fingerprint density at radius 2 is 2.19 bits per heavy atom. The third-order valence-electron chi connectivity index (χ3n) is 3.65. The predicted octanol–water partition coefficient (Wildman–Crippen LogP) is 1.83. The molecule has 21 heavy (non-hydrogen) atoms. The van der Waals surface area contributed by atoms with Crippen LogP contribution >= 0.6 is 11.8 Å². The number of hydrogen-bond donors (Lipinski definition) is 2. The van der Waals surface area contributed by atoms with E-state index in [0.29, 0.717) is 11.3 Å². The smallest absolute Gasteiger partial charge is 0.270 e. The van der Waals surface area contributed by atoms with Crippen LogP contribution in [0.3, 0.4) is 0 Å². The summed E-state index contributed by atoms with van der Waals surface area (Å²) in [7, 11) is 0. The Kier molecular flexibility index (Phi) is 6.09. The highest BCUT2D eigenvalue weighted by molar-refractivity contribution is 7.99. The van der Waals surface area contributed by atoms with Gasteiger partial charge in [0.1, 0.15) is 12.3 Å². The maximum Gasteiger partial charge on any atom is 0.270 e. The fourth-order valence-corrected chi connectivity index (χ4v) is 3.19. The summed E-state index contributed by atoms with van der Waals surface area (Å²) in [5.74, 6) is 5.19. The molecule has 0 unspecified atom stereocenters. The van der Waals surface area contributed by atoms with Gasteiger partial charge in [0.05, 0.1) is 0 Å². The number of rotatable bonds is 3. The van der Waals surface area contributed by atoms with Gasteiger partial charge in [0.2, 0.25) is 0 Å². The van der Waals surface area contributed by atoms with Crippen LogP contribution in [0.25, 0.3) is 0 Å². The number of carbonyl (C=O) groups is 1. The number of amides is 1. The van der Waals surface area contributed by atoms with E-state index in [4.69, 9.17) is 5.11 Å². The van der Waals surface area contributed by atoms with Gasteiger partial charge in [0.25, 0.3) is 5.91 Å². The average molecular weight is 304 g/mol. The second kappa shape index (κ2) is 8.06. The molecule has 5 heteroatoms. The van der Waals surface area contributed by atoms with E-state index in [1.165, 1.54) is 0 Å². The molecule has 1 saturated carbocycles. The average Bonchev–Trinajstić information content (AvgIpc) is 2.54. The zero-order chi connectivity index (χ0) is 15.1. The number of carbonyl (C=O) groups excluding carboxylic acids is 1. The summed E-state index contributed by atoms with van der Waals surface area (Å²) in [5.41, 5.74) is 1.11. The number of pyridine rings is 1. The van der Waals surface area contributed by atoms with E-state index < -0.39 is 0 Å². The lowest BCUT2D eigenvalue weighted by molar-refractivity contribution is 0.0923. The second-order valence-electron chi connectivity index (χ2n) is 5.07. The molecule has 0 atom stereocenters.